The fourth-order valence-corrected chi connectivity index (χ4v) is 2.44. The van der Waals surface area contributed by atoms with Crippen LogP contribution in [0.25, 0.3) is 0 Å². The molecule has 1 aromatic rings. The number of halogens is 1. The number of ether oxygens (including phenoxy) is 1. The summed E-state index contributed by atoms with van der Waals surface area (Å²) >= 11 is 3.43. The van der Waals surface area contributed by atoms with E-state index in [4.69, 9.17) is 4.74 Å². The van der Waals surface area contributed by atoms with Crippen molar-refractivity contribution in [2.24, 2.45) is 0 Å². The minimum atomic E-state index is -0.0886. The van der Waals surface area contributed by atoms with Crippen LogP contribution in [0.4, 0.5) is 0 Å². The SMILES string of the molecule is CCOC(=O)C1CCc2ccc(Br)cc21. The summed E-state index contributed by atoms with van der Waals surface area (Å²) in [6.45, 7) is 2.30. The fourth-order valence-electron chi connectivity index (χ4n) is 2.06. The highest BCUT2D eigenvalue weighted by molar-refractivity contribution is 9.10. The number of rotatable bonds is 2. The minimum absolute atomic E-state index is 0.0579. The first-order valence-electron chi connectivity index (χ1n) is 5.17. The quantitative estimate of drug-likeness (QED) is 0.771. The molecule has 15 heavy (non-hydrogen) atoms. The van der Waals surface area contributed by atoms with Crippen LogP contribution >= 0.6 is 15.9 Å². The number of fused-ring (bicyclic) bond motifs is 1. The summed E-state index contributed by atoms with van der Waals surface area (Å²) < 4.78 is 6.09. The molecule has 1 aliphatic rings. The van der Waals surface area contributed by atoms with Gasteiger partial charge in [0, 0.05) is 4.47 Å². The van der Waals surface area contributed by atoms with Crippen molar-refractivity contribution < 1.29 is 9.53 Å². The summed E-state index contributed by atoms with van der Waals surface area (Å²) in [7, 11) is 0. The van der Waals surface area contributed by atoms with Crippen LogP contribution in [-0.4, -0.2) is 12.6 Å². The number of benzene rings is 1. The van der Waals surface area contributed by atoms with Gasteiger partial charge >= 0.3 is 5.97 Å². The van der Waals surface area contributed by atoms with E-state index in [1.54, 1.807) is 0 Å². The van der Waals surface area contributed by atoms with Crippen LogP contribution in [0.15, 0.2) is 22.7 Å². The molecule has 1 aliphatic carbocycles. The Morgan fingerprint density at radius 2 is 2.40 bits per heavy atom. The largest absolute Gasteiger partial charge is 0.466 e. The Balaban J connectivity index is 2.27. The van der Waals surface area contributed by atoms with E-state index in [9.17, 15) is 4.79 Å². The molecule has 2 nitrogen and oxygen atoms in total. The van der Waals surface area contributed by atoms with Gasteiger partial charge in [-0.1, -0.05) is 22.0 Å². The van der Waals surface area contributed by atoms with Crippen LogP contribution in [0.2, 0.25) is 0 Å². The van der Waals surface area contributed by atoms with Gasteiger partial charge in [0.15, 0.2) is 0 Å². The van der Waals surface area contributed by atoms with E-state index in [1.807, 2.05) is 19.1 Å². The fraction of sp³-hybridized carbons (Fsp3) is 0.417. The van der Waals surface area contributed by atoms with E-state index in [-0.39, 0.29) is 11.9 Å². The Hall–Kier alpha value is -0.830. The molecule has 80 valence electrons. The van der Waals surface area contributed by atoms with Gasteiger partial charge in [0.05, 0.1) is 12.5 Å². The van der Waals surface area contributed by atoms with Crippen molar-refractivity contribution in [2.75, 3.05) is 6.61 Å². The maximum Gasteiger partial charge on any atom is 0.313 e. The van der Waals surface area contributed by atoms with Crippen molar-refractivity contribution in [1.29, 1.82) is 0 Å². The second-order valence-corrected chi connectivity index (χ2v) is 4.60. The number of esters is 1. The summed E-state index contributed by atoms with van der Waals surface area (Å²) in [4.78, 5) is 11.7. The Morgan fingerprint density at radius 1 is 1.60 bits per heavy atom. The van der Waals surface area contributed by atoms with Gasteiger partial charge in [-0.05, 0) is 43.0 Å². The van der Waals surface area contributed by atoms with E-state index in [2.05, 4.69) is 22.0 Å². The summed E-state index contributed by atoms with van der Waals surface area (Å²) in [5, 5.41) is 0. The first kappa shape index (κ1) is 10.7. The lowest BCUT2D eigenvalue weighted by molar-refractivity contribution is -0.144. The van der Waals surface area contributed by atoms with E-state index >= 15 is 0 Å². The van der Waals surface area contributed by atoms with Gasteiger partial charge in [0.25, 0.3) is 0 Å². The lowest BCUT2D eigenvalue weighted by Crippen LogP contribution is -2.13. The van der Waals surface area contributed by atoms with Crippen molar-refractivity contribution in [3.63, 3.8) is 0 Å². The highest BCUT2D eigenvalue weighted by Crippen LogP contribution is 2.35. The predicted molar refractivity (Wildman–Crippen MR) is 61.8 cm³/mol. The molecule has 2 rings (SSSR count). The summed E-state index contributed by atoms with van der Waals surface area (Å²) in [6, 6.07) is 6.13. The smallest absolute Gasteiger partial charge is 0.313 e. The molecule has 0 aromatic heterocycles. The average molecular weight is 269 g/mol. The molecular formula is C12H13BrO2. The van der Waals surface area contributed by atoms with Crippen LogP contribution in [0.3, 0.4) is 0 Å². The first-order chi connectivity index (χ1) is 7.22. The van der Waals surface area contributed by atoms with Gasteiger partial charge < -0.3 is 4.74 Å². The van der Waals surface area contributed by atoms with E-state index in [0.717, 1.165) is 22.9 Å². The molecule has 0 spiro atoms. The maximum atomic E-state index is 11.7. The number of carbonyl (C=O) groups excluding carboxylic acids is 1. The molecule has 0 amide bonds. The van der Waals surface area contributed by atoms with Crippen molar-refractivity contribution >= 4 is 21.9 Å². The third-order valence-electron chi connectivity index (χ3n) is 2.76. The van der Waals surface area contributed by atoms with Crippen LogP contribution in [0.5, 0.6) is 0 Å². The zero-order valence-corrected chi connectivity index (χ0v) is 10.2. The predicted octanol–water partition coefficient (Wildman–Crippen LogP) is 3.04. The van der Waals surface area contributed by atoms with Crippen LogP contribution in [0.1, 0.15) is 30.4 Å². The lowest BCUT2D eigenvalue weighted by atomic mass is 10.0. The summed E-state index contributed by atoms with van der Waals surface area (Å²) in [5.41, 5.74) is 2.40. The van der Waals surface area contributed by atoms with Crippen LogP contribution in [0, 0.1) is 0 Å². The molecule has 0 fully saturated rings. The van der Waals surface area contributed by atoms with Gasteiger partial charge in [0.2, 0.25) is 0 Å². The maximum absolute atomic E-state index is 11.7. The molecule has 1 unspecified atom stereocenters. The second-order valence-electron chi connectivity index (χ2n) is 3.69. The number of aryl methyl sites for hydroxylation is 1. The molecule has 0 aliphatic heterocycles. The second kappa shape index (κ2) is 4.35. The lowest BCUT2D eigenvalue weighted by Gasteiger charge is -2.10. The zero-order valence-electron chi connectivity index (χ0n) is 8.63. The summed E-state index contributed by atoms with van der Waals surface area (Å²) in [5.74, 6) is -0.146. The van der Waals surface area contributed by atoms with Crippen molar-refractivity contribution in [1.82, 2.24) is 0 Å². The van der Waals surface area contributed by atoms with Gasteiger partial charge in [-0.3, -0.25) is 4.79 Å². The molecule has 3 heteroatoms. The monoisotopic (exact) mass is 268 g/mol. The number of carbonyl (C=O) groups is 1. The Kier molecular flexibility index (Phi) is 3.10. The van der Waals surface area contributed by atoms with Crippen LogP contribution < -0.4 is 0 Å². The van der Waals surface area contributed by atoms with Crippen molar-refractivity contribution in [3.05, 3.63) is 33.8 Å². The Bertz CT molecular complexity index is 387. The summed E-state index contributed by atoms with van der Waals surface area (Å²) in [6.07, 6.45) is 1.86. The normalized spacial score (nSPS) is 18.7. The zero-order chi connectivity index (χ0) is 10.8. The van der Waals surface area contributed by atoms with Crippen LogP contribution in [-0.2, 0) is 16.0 Å². The minimum Gasteiger partial charge on any atom is -0.466 e. The number of hydrogen-bond donors (Lipinski definition) is 0. The van der Waals surface area contributed by atoms with Crippen molar-refractivity contribution in [2.45, 2.75) is 25.7 Å². The molecule has 0 heterocycles. The molecule has 0 saturated heterocycles. The van der Waals surface area contributed by atoms with Gasteiger partial charge in [-0.2, -0.15) is 0 Å². The van der Waals surface area contributed by atoms with E-state index in [0.29, 0.717) is 6.61 Å². The average Bonchev–Trinajstić information content (AvgIpc) is 2.60. The standard InChI is InChI=1S/C12H13BrO2/c1-2-15-12(14)10-6-4-8-3-5-9(13)7-11(8)10/h3,5,7,10H,2,4,6H2,1H3. The van der Waals surface area contributed by atoms with E-state index < -0.39 is 0 Å². The molecule has 1 atom stereocenters. The topological polar surface area (TPSA) is 26.3 Å². The molecule has 0 saturated carbocycles. The molecule has 1 aromatic carbocycles. The van der Waals surface area contributed by atoms with Crippen molar-refractivity contribution in [3.8, 4) is 0 Å². The van der Waals surface area contributed by atoms with E-state index in [1.165, 1.54) is 5.56 Å². The highest BCUT2D eigenvalue weighted by Gasteiger charge is 2.29. The Labute approximate surface area is 97.8 Å². The molecule has 0 bridgehead atoms. The highest BCUT2D eigenvalue weighted by atomic mass is 79.9. The Morgan fingerprint density at radius 3 is 3.13 bits per heavy atom. The third-order valence-corrected chi connectivity index (χ3v) is 3.25. The molecular weight excluding hydrogens is 256 g/mol. The third kappa shape index (κ3) is 2.07. The first-order valence-corrected chi connectivity index (χ1v) is 5.96. The molecule has 0 N–H and O–H groups in total. The molecule has 0 radical (unpaired) electrons. The number of hydrogen-bond acceptors (Lipinski definition) is 2. The van der Waals surface area contributed by atoms with Gasteiger partial charge in [-0.15, -0.1) is 0 Å². The van der Waals surface area contributed by atoms with Gasteiger partial charge in [0.1, 0.15) is 0 Å². The van der Waals surface area contributed by atoms with Gasteiger partial charge in [-0.25, -0.2) is 0 Å².